The van der Waals surface area contributed by atoms with E-state index in [2.05, 4.69) is 5.32 Å². The third-order valence-corrected chi connectivity index (χ3v) is 4.16. The van der Waals surface area contributed by atoms with Crippen LogP contribution >= 0.6 is 0 Å². The molecular formula is C11H15NO3S. The zero-order valence-electron chi connectivity index (χ0n) is 9.14. The summed E-state index contributed by atoms with van der Waals surface area (Å²) in [7, 11) is -3.60. The maximum absolute atomic E-state index is 11.8. The van der Waals surface area contributed by atoms with E-state index in [1.807, 2.05) is 6.07 Å². The van der Waals surface area contributed by atoms with Gasteiger partial charge >= 0.3 is 0 Å². The SMILES string of the molecule is Cc1ccccc1S(=O)(=O)OC[C@H]1CCN1. The lowest BCUT2D eigenvalue weighted by molar-refractivity contribution is 0.222. The molecule has 1 saturated heterocycles. The quantitative estimate of drug-likeness (QED) is 0.801. The van der Waals surface area contributed by atoms with Crippen LogP contribution < -0.4 is 5.32 Å². The van der Waals surface area contributed by atoms with Crippen LogP contribution in [0.4, 0.5) is 0 Å². The van der Waals surface area contributed by atoms with E-state index >= 15 is 0 Å². The molecule has 4 nitrogen and oxygen atoms in total. The molecular weight excluding hydrogens is 226 g/mol. The average molecular weight is 241 g/mol. The van der Waals surface area contributed by atoms with Gasteiger partial charge in [0.05, 0.1) is 11.5 Å². The van der Waals surface area contributed by atoms with E-state index in [4.69, 9.17) is 4.18 Å². The van der Waals surface area contributed by atoms with Crippen LogP contribution in [0.3, 0.4) is 0 Å². The number of hydrogen-bond acceptors (Lipinski definition) is 4. The highest BCUT2D eigenvalue weighted by Gasteiger charge is 2.22. The van der Waals surface area contributed by atoms with Crippen LogP contribution in [-0.4, -0.2) is 27.6 Å². The summed E-state index contributed by atoms with van der Waals surface area (Å²) in [6.45, 7) is 2.92. The summed E-state index contributed by atoms with van der Waals surface area (Å²) < 4.78 is 28.7. The van der Waals surface area contributed by atoms with Gasteiger partial charge in [-0.3, -0.25) is 4.18 Å². The zero-order chi connectivity index (χ0) is 11.6. The first-order valence-corrected chi connectivity index (χ1v) is 6.69. The van der Waals surface area contributed by atoms with Gasteiger partial charge in [0.25, 0.3) is 10.1 Å². The molecule has 0 radical (unpaired) electrons. The number of rotatable bonds is 4. The minimum absolute atomic E-state index is 0.179. The predicted octanol–water partition coefficient (Wildman–Crippen LogP) is 1.06. The highest BCUT2D eigenvalue weighted by atomic mass is 32.2. The van der Waals surface area contributed by atoms with Crippen LogP contribution in [0.1, 0.15) is 12.0 Å². The van der Waals surface area contributed by atoms with Crippen molar-refractivity contribution >= 4 is 10.1 Å². The highest BCUT2D eigenvalue weighted by molar-refractivity contribution is 7.86. The first kappa shape index (κ1) is 11.6. The zero-order valence-corrected chi connectivity index (χ0v) is 9.96. The Labute approximate surface area is 95.7 Å². The Balaban J connectivity index is 2.09. The third kappa shape index (κ3) is 2.42. The number of hydrogen-bond donors (Lipinski definition) is 1. The standard InChI is InChI=1S/C11H15NO3S/c1-9-4-2-3-5-11(9)16(13,14)15-8-10-6-7-12-10/h2-5,10,12H,6-8H2,1H3/t10-/m1/s1. The topological polar surface area (TPSA) is 55.4 Å². The van der Waals surface area contributed by atoms with Crippen molar-refractivity contribution < 1.29 is 12.6 Å². The lowest BCUT2D eigenvalue weighted by Crippen LogP contribution is -2.46. The molecule has 1 atom stereocenters. The maximum Gasteiger partial charge on any atom is 0.297 e. The van der Waals surface area contributed by atoms with Crippen molar-refractivity contribution in [2.45, 2.75) is 24.3 Å². The van der Waals surface area contributed by atoms with E-state index in [0.717, 1.165) is 13.0 Å². The van der Waals surface area contributed by atoms with Crippen molar-refractivity contribution in [3.05, 3.63) is 29.8 Å². The van der Waals surface area contributed by atoms with E-state index in [9.17, 15) is 8.42 Å². The molecule has 88 valence electrons. The normalized spacial score (nSPS) is 20.4. The Kier molecular flexibility index (Phi) is 3.28. The van der Waals surface area contributed by atoms with Crippen LogP contribution in [0.15, 0.2) is 29.2 Å². The molecule has 0 amide bonds. The monoisotopic (exact) mass is 241 g/mol. The van der Waals surface area contributed by atoms with Crippen molar-refractivity contribution in [3.63, 3.8) is 0 Å². The Bertz CT molecular complexity index is 466. The molecule has 0 aliphatic carbocycles. The van der Waals surface area contributed by atoms with Gasteiger partial charge in [-0.05, 0) is 31.5 Å². The summed E-state index contributed by atoms with van der Waals surface area (Å²) in [5.74, 6) is 0. The van der Waals surface area contributed by atoms with Gasteiger partial charge in [-0.1, -0.05) is 18.2 Å². The molecule has 1 aliphatic heterocycles. The first-order valence-electron chi connectivity index (χ1n) is 5.28. The van der Waals surface area contributed by atoms with Gasteiger partial charge in [-0.25, -0.2) is 0 Å². The third-order valence-electron chi connectivity index (χ3n) is 2.71. The Morgan fingerprint density at radius 1 is 1.44 bits per heavy atom. The van der Waals surface area contributed by atoms with Crippen molar-refractivity contribution in [2.75, 3.05) is 13.2 Å². The van der Waals surface area contributed by atoms with E-state index in [0.29, 0.717) is 5.56 Å². The van der Waals surface area contributed by atoms with E-state index in [1.165, 1.54) is 0 Å². The first-order chi connectivity index (χ1) is 7.59. The van der Waals surface area contributed by atoms with Crippen LogP contribution in [0.5, 0.6) is 0 Å². The fourth-order valence-corrected chi connectivity index (χ4v) is 2.74. The van der Waals surface area contributed by atoms with Crippen LogP contribution in [0.25, 0.3) is 0 Å². The van der Waals surface area contributed by atoms with Gasteiger partial charge in [0, 0.05) is 6.04 Å². The number of nitrogens with one attached hydrogen (secondary N) is 1. The molecule has 0 bridgehead atoms. The molecule has 2 rings (SSSR count). The molecule has 1 aromatic rings. The van der Waals surface area contributed by atoms with Crippen LogP contribution in [0.2, 0.25) is 0 Å². The summed E-state index contributed by atoms with van der Waals surface area (Å²) in [4.78, 5) is 0.259. The van der Waals surface area contributed by atoms with Crippen LogP contribution in [-0.2, 0) is 14.3 Å². The summed E-state index contributed by atoms with van der Waals surface area (Å²) in [5.41, 5.74) is 0.712. The van der Waals surface area contributed by atoms with Gasteiger partial charge in [0.2, 0.25) is 0 Å². The van der Waals surface area contributed by atoms with Crippen LogP contribution in [0, 0.1) is 6.92 Å². The van der Waals surface area contributed by atoms with Gasteiger partial charge < -0.3 is 5.32 Å². The smallest absolute Gasteiger partial charge is 0.297 e. The molecule has 1 heterocycles. The van der Waals surface area contributed by atoms with E-state index in [-0.39, 0.29) is 17.5 Å². The second-order valence-corrected chi connectivity index (χ2v) is 5.53. The van der Waals surface area contributed by atoms with E-state index in [1.54, 1.807) is 25.1 Å². The molecule has 0 aromatic heterocycles. The van der Waals surface area contributed by atoms with Crippen molar-refractivity contribution in [1.29, 1.82) is 0 Å². The average Bonchev–Trinajstić information content (AvgIpc) is 2.15. The summed E-state index contributed by atoms with van der Waals surface area (Å²) in [6.07, 6.45) is 0.975. The van der Waals surface area contributed by atoms with Gasteiger partial charge in [0.1, 0.15) is 0 Å². The molecule has 5 heteroatoms. The molecule has 1 N–H and O–H groups in total. The molecule has 0 spiro atoms. The van der Waals surface area contributed by atoms with Gasteiger partial charge in [-0.2, -0.15) is 8.42 Å². The second kappa shape index (κ2) is 4.53. The lowest BCUT2D eigenvalue weighted by atomic mass is 10.1. The Morgan fingerprint density at radius 3 is 2.69 bits per heavy atom. The molecule has 1 aliphatic rings. The molecule has 16 heavy (non-hydrogen) atoms. The lowest BCUT2D eigenvalue weighted by Gasteiger charge is -2.26. The second-order valence-electron chi connectivity index (χ2n) is 3.94. The minimum atomic E-state index is -3.60. The van der Waals surface area contributed by atoms with Crippen molar-refractivity contribution in [3.8, 4) is 0 Å². The van der Waals surface area contributed by atoms with Gasteiger partial charge in [0.15, 0.2) is 0 Å². The Hall–Kier alpha value is -0.910. The molecule has 1 aromatic carbocycles. The Morgan fingerprint density at radius 2 is 2.12 bits per heavy atom. The minimum Gasteiger partial charge on any atom is -0.312 e. The summed E-state index contributed by atoms with van der Waals surface area (Å²) in [6, 6.07) is 7.02. The summed E-state index contributed by atoms with van der Waals surface area (Å²) in [5, 5.41) is 3.09. The number of benzene rings is 1. The van der Waals surface area contributed by atoms with Gasteiger partial charge in [-0.15, -0.1) is 0 Å². The fraction of sp³-hybridized carbons (Fsp3) is 0.455. The van der Waals surface area contributed by atoms with Crippen molar-refractivity contribution in [1.82, 2.24) is 5.32 Å². The summed E-state index contributed by atoms with van der Waals surface area (Å²) >= 11 is 0. The maximum atomic E-state index is 11.8. The highest BCUT2D eigenvalue weighted by Crippen LogP contribution is 2.17. The largest absolute Gasteiger partial charge is 0.312 e. The molecule has 0 unspecified atom stereocenters. The van der Waals surface area contributed by atoms with E-state index < -0.39 is 10.1 Å². The number of aryl methyl sites for hydroxylation is 1. The predicted molar refractivity (Wildman–Crippen MR) is 60.7 cm³/mol. The molecule has 0 saturated carbocycles. The van der Waals surface area contributed by atoms with Crippen molar-refractivity contribution in [2.24, 2.45) is 0 Å². The molecule has 1 fully saturated rings. The fourth-order valence-electron chi connectivity index (χ4n) is 1.56.